The van der Waals surface area contributed by atoms with Gasteiger partial charge in [0.1, 0.15) is 0 Å². The van der Waals surface area contributed by atoms with Crippen molar-refractivity contribution < 1.29 is 0 Å². The van der Waals surface area contributed by atoms with Crippen LogP contribution in [-0.4, -0.2) is 0 Å². The monoisotopic (exact) mass is 172 g/mol. The topological polar surface area (TPSA) is 0 Å². The van der Waals surface area contributed by atoms with Crippen molar-refractivity contribution >= 4 is 6.08 Å². The first-order chi connectivity index (χ1) is 6.22. The maximum atomic E-state index is 3.74. The Labute approximate surface area is 80.6 Å². The van der Waals surface area contributed by atoms with E-state index < -0.39 is 0 Å². The second kappa shape index (κ2) is 4.66. The van der Waals surface area contributed by atoms with Gasteiger partial charge in [0.05, 0.1) is 0 Å². The molecule has 0 aliphatic carbocycles. The summed E-state index contributed by atoms with van der Waals surface area (Å²) in [6.45, 7) is 7.96. The molecule has 0 aliphatic heterocycles. The maximum absolute atomic E-state index is 3.74. The molecule has 68 valence electrons. The molecule has 0 saturated carbocycles. The summed E-state index contributed by atoms with van der Waals surface area (Å²) in [5, 5.41) is 0. The van der Waals surface area contributed by atoms with Crippen LogP contribution in [0.15, 0.2) is 43.0 Å². The highest BCUT2D eigenvalue weighted by Crippen LogP contribution is 2.07. The van der Waals surface area contributed by atoms with Crippen LogP contribution in [0.1, 0.15) is 18.1 Å². The zero-order valence-electron chi connectivity index (χ0n) is 8.33. The van der Waals surface area contributed by atoms with E-state index in [1.54, 1.807) is 0 Å². The van der Waals surface area contributed by atoms with Crippen LogP contribution in [0.4, 0.5) is 0 Å². The van der Waals surface area contributed by atoms with Gasteiger partial charge in [-0.1, -0.05) is 55.0 Å². The van der Waals surface area contributed by atoms with Crippen LogP contribution >= 0.6 is 0 Å². The van der Waals surface area contributed by atoms with E-state index in [0.717, 1.165) is 0 Å². The highest BCUT2D eigenvalue weighted by Gasteiger charge is 1.88. The Morgan fingerprint density at radius 1 is 1.23 bits per heavy atom. The summed E-state index contributed by atoms with van der Waals surface area (Å²) in [6.07, 6.45) is 6.22. The van der Waals surface area contributed by atoms with Crippen molar-refractivity contribution in [2.45, 2.75) is 13.8 Å². The lowest BCUT2D eigenvalue weighted by Gasteiger charge is -1.97. The van der Waals surface area contributed by atoms with Crippen LogP contribution in [0.25, 0.3) is 6.08 Å². The third-order valence-corrected chi connectivity index (χ3v) is 2.04. The number of hydrogen-bond acceptors (Lipinski definition) is 0. The normalized spacial score (nSPS) is 13.1. The van der Waals surface area contributed by atoms with Crippen molar-refractivity contribution in [1.82, 2.24) is 0 Å². The lowest BCUT2D eigenvalue weighted by molar-refractivity contribution is 0.950. The molecule has 1 unspecified atom stereocenters. The highest BCUT2D eigenvalue weighted by molar-refractivity contribution is 5.50. The molecule has 0 nitrogen and oxygen atoms in total. The smallest absolute Gasteiger partial charge is 0.00812 e. The number of hydrogen-bond donors (Lipinski definition) is 0. The number of rotatable bonds is 3. The standard InChI is InChI=1S/C13H16/c1-4-11(2)5-8-13-9-6-12(3)7-10-13/h4-11H,1H2,2-3H3/b8-5+. The summed E-state index contributed by atoms with van der Waals surface area (Å²) in [4.78, 5) is 0. The molecule has 1 aromatic rings. The zero-order valence-corrected chi connectivity index (χ0v) is 8.33. The molecule has 1 rings (SSSR count). The number of aryl methyl sites for hydroxylation is 1. The van der Waals surface area contributed by atoms with Gasteiger partial charge in [0.25, 0.3) is 0 Å². The van der Waals surface area contributed by atoms with E-state index in [9.17, 15) is 0 Å². The predicted octanol–water partition coefficient (Wildman–Crippen LogP) is 3.83. The molecule has 0 radical (unpaired) electrons. The second-order valence-electron chi connectivity index (χ2n) is 3.36. The van der Waals surface area contributed by atoms with Gasteiger partial charge in [-0.25, -0.2) is 0 Å². The van der Waals surface area contributed by atoms with Crippen LogP contribution < -0.4 is 0 Å². The fourth-order valence-electron chi connectivity index (χ4n) is 1.02. The SMILES string of the molecule is C=CC(C)/C=C/c1ccc(C)cc1. The second-order valence-corrected chi connectivity index (χ2v) is 3.36. The summed E-state index contributed by atoms with van der Waals surface area (Å²) in [5.41, 5.74) is 2.55. The molecule has 0 heterocycles. The molecule has 1 atom stereocenters. The molecule has 0 spiro atoms. The number of benzene rings is 1. The summed E-state index contributed by atoms with van der Waals surface area (Å²) in [6, 6.07) is 8.50. The van der Waals surface area contributed by atoms with Gasteiger partial charge in [-0.15, -0.1) is 6.58 Å². The summed E-state index contributed by atoms with van der Waals surface area (Å²) < 4.78 is 0. The molecular formula is C13H16. The minimum Gasteiger partial charge on any atom is -0.102 e. The van der Waals surface area contributed by atoms with E-state index in [0.29, 0.717) is 5.92 Å². The summed E-state index contributed by atoms with van der Waals surface area (Å²) in [5.74, 6) is 0.446. The Kier molecular flexibility index (Phi) is 3.51. The van der Waals surface area contributed by atoms with Gasteiger partial charge >= 0.3 is 0 Å². The Morgan fingerprint density at radius 2 is 1.85 bits per heavy atom. The average Bonchev–Trinajstić information content (AvgIpc) is 2.16. The molecule has 0 bridgehead atoms. The van der Waals surface area contributed by atoms with Crippen LogP contribution in [0, 0.1) is 12.8 Å². The van der Waals surface area contributed by atoms with Gasteiger partial charge < -0.3 is 0 Å². The molecule has 0 N–H and O–H groups in total. The third-order valence-electron chi connectivity index (χ3n) is 2.04. The van der Waals surface area contributed by atoms with E-state index >= 15 is 0 Å². The molecule has 0 saturated heterocycles. The van der Waals surface area contributed by atoms with Crippen LogP contribution in [-0.2, 0) is 0 Å². The fraction of sp³-hybridized carbons (Fsp3) is 0.231. The predicted molar refractivity (Wildman–Crippen MR) is 59.6 cm³/mol. The summed E-state index contributed by atoms with van der Waals surface area (Å²) in [7, 11) is 0. The Hall–Kier alpha value is -1.30. The van der Waals surface area contributed by atoms with E-state index in [-0.39, 0.29) is 0 Å². The lowest BCUT2D eigenvalue weighted by Crippen LogP contribution is -1.80. The van der Waals surface area contributed by atoms with Gasteiger partial charge in [0.2, 0.25) is 0 Å². The largest absolute Gasteiger partial charge is 0.102 e. The van der Waals surface area contributed by atoms with Gasteiger partial charge in [0, 0.05) is 0 Å². The first-order valence-corrected chi connectivity index (χ1v) is 4.60. The molecule has 13 heavy (non-hydrogen) atoms. The first-order valence-electron chi connectivity index (χ1n) is 4.60. The fourth-order valence-corrected chi connectivity index (χ4v) is 1.02. The Morgan fingerprint density at radius 3 is 2.38 bits per heavy atom. The molecule has 0 amide bonds. The Balaban J connectivity index is 2.69. The molecule has 0 heteroatoms. The van der Waals surface area contributed by atoms with E-state index in [1.165, 1.54) is 11.1 Å². The van der Waals surface area contributed by atoms with Gasteiger partial charge in [-0.05, 0) is 18.4 Å². The quantitative estimate of drug-likeness (QED) is 0.608. The molecule has 0 fully saturated rings. The van der Waals surface area contributed by atoms with E-state index in [2.05, 4.69) is 56.8 Å². The van der Waals surface area contributed by atoms with Crippen LogP contribution in [0.3, 0.4) is 0 Å². The van der Waals surface area contributed by atoms with Crippen molar-refractivity contribution in [3.8, 4) is 0 Å². The molecule has 1 aromatic carbocycles. The molecule has 0 aliphatic rings. The Bertz CT molecular complexity index is 290. The minimum atomic E-state index is 0.446. The molecular weight excluding hydrogens is 156 g/mol. The van der Waals surface area contributed by atoms with Gasteiger partial charge in [-0.2, -0.15) is 0 Å². The number of allylic oxidation sites excluding steroid dienone is 2. The van der Waals surface area contributed by atoms with Crippen molar-refractivity contribution in [2.75, 3.05) is 0 Å². The van der Waals surface area contributed by atoms with Crippen molar-refractivity contribution in [3.05, 3.63) is 54.1 Å². The third kappa shape index (κ3) is 3.29. The van der Waals surface area contributed by atoms with Gasteiger partial charge in [0.15, 0.2) is 0 Å². The van der Waals surface area contributed by atoms with Crippen molar-refractivity contribution in [2.24, 2.45) is 5.92 Å². The van der Waals surface area contributed by atoms with Gasteiger partial charge in [-0.3, -0.25) is 0 Å². The van der Waals surface area contributed by atoms with Crippen LogP contribution in [0.5, 0.6) is 0 Å². The minimum absolute atomic E-state index is 0.446. The van der Waals surface area contributed by atoms with Crippen molar-refractivity contribution in [3.63, 3.8) is 0 Å². The average molecular weight is 172 g/mol. The first kappa shape index (κ1) is 9.79. The summed E-state index contributed by atoms with van der Waals surface area (Å²) >= 11 is 0. The molecule has 0 aromatic heterocycles. The lowest BCUT2D eigenvalue weighted by atomic mass is 10.1. The maximum Gasteiger partial charge on any atom is -0.00812 e. The van der Waals surface area contributed by atoms with E-state index in [1.807, 2.05) is 6.08 Å². The van der Waals surface area contributed by atoms with Crippen LogP contribution in [0.2, 0.25) is 0 Å². The zero-order chi connectivity index (χ0) is 9.68. The van der Waals surface area contributed by atoms with E-state index in [4.69, 9.17) is 0 Å². The highest BCUT2D eigenvalue weighted by atomic mass is 13.9. The van der Waals surface area contributed by atoms with Crippen molar-refractivity contribution in [1.29, 1.82) is 0 Å².